The van der Waals surface area contributed by atoms with E-state index in [1.54, 1.807) is 7.11 Å². The molecule has 0 unspecified atom stereocenters. The number of carbonyl (C=O) groups excluding carboxylic acids is 1. The summed E-state index contributed by atoms with van der Waals surface area (Å²) in [5.41, 5.74) is 5.71. The average molecular weight is 542 g/mol. The van der Waals surface area contributed by atoms with Crippen molar-refractivity contribution in [2.24, 2.45) is 0 Å². The van der Waals surface area contributed by atoms with Crippen LogP contribution in [0.5, 0.6) is 11.5 Å². The summed E-state index contributed by atoms with van der Waals surface area (Å²) in [7, 11) is 1.65. The molecule has 0 atom stereocenters. The molecule has 7 heteroatoms. The van der Waals surface area contributed by atoms with Crippen molar-refractivity contribution in [3.05, 3.63) is 101 Å². The Balaban J connectivity index is 1.37. The number of hydrogen-bond donors (Lipinski definition) is 0. The second-order valence-electron chi connectivity index (χ2n) is 9.71. The lowest BCUT2D eigenvalue weighted by molar-refractivity contribution is -0.297. The van der Waals surface area contributed by atoms with E-state index < -0.39 is 5.97 Å². The zero-order chi connectivity index (χ0) is 27.2. The Bertz CT molecular complexity index is 1450. The van der Waals surface area contributed by atoms with Gasteiger partial charge in [-0.1, -0.05) is 49.1 Å². The van der Waals surface area contributed by atoms with Crippen LogP contribution in [-0.2, 0) is 11.4 Å². The van der Waals surface area contributed by atoms with E-state index in [0.29, 0.717) is 23.2 Å². The Morgan fingerprint density at radius 3 is 2.41 bits per heavy atom. The lowest BCUT2D eigenvalue weighted by Crippen LogP contribution is -2.18. The van der Waals surface area contributed by atoms with Crippen LogP contribution < -0.4 is 14.6 Å². The van der Waals surface area contributed by atoms with Crippen LogP contribution in [0.4, 0.5) is 0 Å². The van der Waals surface area contributed by atoms with E-state index in [0.717, 1.165) is 58.5 Å². The molecule has 0 spiro atoms. The molecule has 5 rings (SSSR count). The zero-order valence-corrected chi connectivity index (χ0v) is 22.6. The molecule has 1 aromatic heterocycles. The molecule has 0 bridgehead atoms. The number of halogens is 1. The Kier molecular flexibility index (Phi) is 8.33. The number of carboxylic acid groups (broad SMARTS) is 1. The van der Waals surface area contributed by atoms with E-state index >= 15 is 0 Å². The summed E-state index contributed by atoms with van der Waals surface area (Å²) in [4.78, 5) is 10.9. The molecule has 0 saturated heterocycles. The first-order valence-electron chi connectivity index (χ1n) is 13.2. The Hall–Kier alpha value is -4.03. The summed E-state index contributed by atoms with van der Waals surface area (Å²) in [6.45, 7) is 0.363. The van der Waals surface area contributed by atoms with Gasteiger partial charge in [0.1, 0.15) is 18.1 Å². The van der Waals surface area contributed by atoms with E-state index in [1.807, 2.05) is 77.5 Å². The van der Waals surface area contributed by atoms with Crippen LogP contribution in [0.15, 0.2) is 78.9 Å². The molecule has 39 heavy (non-hydrogen) atoms. The lowest BCUT2D eigenvalue weighted by Gasteiger charge is -2.22. The number of methoxy groups -OCH3 is 1. The number of benzene rings is 3. The predicted molar refractivity (Wildman–Crippen MR) is 151 cm³/mol. The smallest absolute Gasteiger partial charge is 0.119 e. The molecule has 6 nitrogen and oxygen atoms in total. The van der Waals surface area contributed by atoms with Crippen molar-refractivity contribution in [3.8, 4) is 28.3 Å². The largest absolute Gasteiger partial charge is 0.545 e. The average Bonchev–Trinajstić information content (AvgIpc) is 3.40. The molecule has 1 fully saturated rings. The Morgan fingerprint density at radius 1 is 1.00 bits per heavy atom. The van der Waals surface area contributed by atoms with Gasteiger partial charge in [0.05, 0.1) is 24.5 Å². The molecule has 0 radical (unpaired) electrons. The van der Waals surface area contributed by atoms with Gasteiger partial charge in [0.25, 0.3) is 0 Å². The van der Waals surface area contributed by atoms with E-state index in [1.165, 1.54) is 25.3 Å². The van der Waals surface area contributed by atoms with E-state index in [9.17, 15) is 9.90 Å². The minimum Gasteiger partial charge on any atom is -0.545 e. The van der Waals surface area contributed by atoms with Gasteiger partial charge in [0.15, 0.2) is 0 Å². The lowest BCUT2D eigenvalue weighted by atomic mass is 9.86. The monoisotopic (exact) mass is 541 g/mol. The zero-order valence-electron chi connectivity index (χ0n) is 21.8. The summed E-state index contributed by atoms with van der Waals surface area (Å²) < 4.78 is 13.6. The van der Waals surface area contributed by atoms with Crippen LogP contribution in [0, 0.1) is 0 Å². The van der Waals surface area contributed by atoms with Crippen molar-refractivity contribution < 1.29 is 19.4 Å². The van der Waals surface area contributed by atoms with Gasteiger partial charge in [0, 0.05) is 22.2 Å². The van der Waals surface area contributed by atoms with Crippen LogP contribution >= 0.6 is 11.6 Å². The van der Waals surface area contributed by atoms with Crippen LogP contribution in [0.2, 0.25) is 5.02 Å². The van der Waals surface area contributed by atoms with Gasteiger partial charge in [-0.15, -0.1) is 0 Å². The second-order valence-corrected chi connectivity index (χ2v) is 10.1. The quantitative estimate of drug-likeness (QED) is 0.223. The normalized spacial score (nSPS) is 14.0. The molecular weight excluding hydrogens is 512 g/mol. The first-order valence-corrected chi connectivity index (χ1v) is 13.5. The first-order chi connectivity index (χ1) is 19.0. The molecular formula is C32H30ClN2O4-. The topological polar surface area (TPSA) is 76.4 Å². The number of carbonyl (C=O) groups is 1. The summed E-state index contributed by atoms with van der Waals surface area (Å²) in [6.07, 6.45) is 8.35. The minimum atomic E-state index is -1.24. The van der Waals surface area contributed by atoms with Gasteiger partial charge < -0.3 is 19.4 Å². The SMILES string of the molecule is COc1ccc(-c2ccc(Cl)cc2)c(COc2ccc(-n3nc(/C=C/C(=O)[O-])cc3C3CCCCC3)cc2)c1. The highest BCUT2D eigenvalue weighted by atomic mass is 35.5. The first kappa shape index (κ1) is 26.6. The Labute approximate surface area is 233 Å². The van der Waals surface area contributed by atoms with E-state index in [2.05, 4.69) is 0 Å². The highest BCUT2D eigenvalue weighted by Gasteiger charge is 2.21. The summed E-state index contributed by atoms with van der Waals surface area (Å²) in [6, 6.07) is 23.5. The molecule has 3 aromatic carbocycles. The number of hydrogen-bond acceptors (Lipinski definition) is 5. The molecule has 0 aliphatic heterocycles. The predicted octanol–water partition coefficient (Wildman–Crippen LogP) is 6.59. The molecule has 1 heterocycles. The third-order valence-electron chi connectivity index (χ3n) is 7.11. The Morgan fingerprint density at radius 2 is 1.72 bits per heavy atom. The number of rotatable bonds is 9. The van der Waals surface area contributed by atoms with Crippen LogP contribution in [0.25, 0.3) is 22.9 Å². The van der Waals surface area contributed by atoms with Crippen molar-refractivity contribution in [2.75, 3.05) is 7.11 Å². The highest BCUT2D eigenvalue weighted by molar-refractivity contribution is 6.30. The van der Waals surface area contributed by atoms with Crippen molar-refractivity contribution >= 4 is 23.6 Å². The number of carboxylic acids is 1. The maximum Gasteiger partial charge on any atom is 0.119 e. The summed E-state index contributed by atoms with van der Waals surface area (Å²) in [5.74, 6) is 0.651. The fraction of sp³-hybridized carbons (Fsp3) is 0.250. The maximum atomic E-state index is 10.9. The van der Waals surface area contributed by atoms with Gasteiger partial charge in [-0.3, -0.25) is 0 Å². The maximum absolute atomic E-state index is 10.9. The van der Waals surface area contributed by atoms with E-state index in [-0.39, 0.29) is 0 Å². The third kappa shape index (κ3) is 6.52. The minimum absolute atomic E-state index is 0.363. The number of aliphatic carboxylic acids is 1. The fourth-order valence-corrected chi connectivity index (χ4v) is 5.24. The molecule has 0 N–H and O–H groups in total. The molecule has 200 valence electrons. The van der Waals surface area contributed by atoms with Crippen LogP contribution in [0.3, 0.4) is 0 Å². The van der Waals surface area contributed by atoms with Crippen LogP contribution in [0.1, 0.15) is 55.0 Å². The summed E-state index contributed by atoms with van der Waals surface area (Å²) in [5, 5.41) is 16.3. The fourth-order valence-electron chi connectivity index (χ4n) is 5.12. The molecule has 1 saturated carbocycles. The van der Waals surface area contributed by atoms with Crippen LogP contribution in [-0.4, -0.2) is 22.9 Å². The number of aromatic nitrogens is 2. The van der Waals surface area contributed by atoms with Gasteiger partial charge in [-0.25, -0.2) is 4.68 Å². The van der Waals surface area contributed by atoms with Crippen molar-refractivity contribution in [1.29, 1.82) is 0 Å². The van der Waals surface area contributed by atoms with Gasteiger partial charge >= 0.3 is 0 Å². The summed E-state index contributed by atoms with van der Waals surface area (Å²) >= 11 is 6.09. The third-order valence-corrected chi connectivity index (χ3v) is 7.36. The molecule has 4 aromatic rings. The van der Waals surface area contributed by atoms with Crippen molar-refractivity contribution in [3.63, 3.8) is 0 Å². The second kappa shape index (κ2) is 12.2. The van der Waals surface area contributed by atoms with Gasteiger partial charge in [0.2, 0.25) is 0 Å². The molecule has 1 aliphatic rings. The van der Waals surface area contributed by atoms with Gasteiger partial charge in [-0.2, -0.15) is 5.10 Å². The molecule has 0 amide bonds. The molecule has 1 aliphatic carbocycles. The van der Waals surface area contributed by atoms with Crippen molar-refractivity contribution in [1.82, 2.24) is 9.78 Å². The van der Waals surface area contributed by atoms with Gasteiger partial charge in [-0.05, 0) is 90.7 Å². The van der Waals surface area contributed by atoms with Crippen molar-refractivity contribution in [2.45, 2.75) is 44.6 Å². The number of nitrogens with zero attached hydrogens (tertiary/aromatic N) is 2. The standard InChI is InChI=1S/C32H31ClN2O4/c1-38-29-16-17-30(22-7-9-25(33)10-8-22)24(19-29)21-39-28-14-12-27(13-15-28)35-31(23-5-3-2-4-6-23)20-26(34-35)11-18-32(36)37/h7-20,23H,2-6,21H2,1H3,(H,36,37)/p-1/b18-11+. The number of ether oxygens (including phenoxy) is 2. The van der Waals surface area contributed by atoms with E-state index in [4.69, 9.17) is 26.2 Å². The highest BCUT2D eigenvalue weighted by Crippen LogP contribution is 2.35.